The lowest BCUT2D eigenvalue weighted by Crippen LogP contribution is -2.26. The van der Waals surface area contributed by atoms with Crippen LogP contribution >= 0.6 is 11.6 Å². The highest BCUT2D eigenvalue weighted by atomic mass is 35.5. The predicted octanol–water partition coefficient (Wildman–Crippen LogP) is 1.42. The minimum atomic E-state index is -0.598. The van der Waals surface area contributed by atoms with Crippen LogP contribution in [0, 0.1) is 0 Å². The number of fused-ring (bicyclic) bond motifs is 1. The summed E-state index contributed by atoms with van der Waals surface area (Å²) in [4.78, 5) is 33.1. The molecule has 2 aromatic rings. The molecule has 0 atom stereocenters. The molecule has 2 aromatic heterocycles. The highest BCUT2D eigenvalue weighted by Crippen LogP contribution is 2.17. The van der Waals surface area contributed by atoms with E-state index in [1.807, 2.05) is 5.48 Å². The van der Waals surface area contributed by atoms with Crippen LogP contribution in [0.25, 0.3) is 10.9 Å². The van der Waals surface area contributed by atoms with Crippen molar-refractivity contribution >= 4 is 34.4 Å². The van der Waals surface area contributed by atoms with E-state index < -0.39 is 11.9 Å². The highest BCUT2D eigenvalue weighted by Gasteiger charge is 2.10. The van der Waals surface area contributed by atoms with E-state index in [2.05, 4.69) is 14.8 Å². The van der Waals surface area contributed by atoms with Crippen molar-refractivity contribution in [2.45, 2.75) is 6.92 Å². The number of rotatable bonds is 1. The van der Waals surface area contributed by atoms with Crippen molar-refractivity contribution in [3.63, 3.8) is 0 Å². The van der Waals surface area contributed by atoms with Gasteiger partial charge in [-0.25, -0.2) is 4.98 Å². The summed E-state index contributed by atoms with van der Waals surface area (Å²) in [5.41, 5.74) is 2.92. The van der Waals surface area contributed by atoms with Gasteiger partial charge in [0.2, 0.25) is 0 Å². The smallest absolute Gasteiger partial charge is 0.329 e. The second-order valence-electron chi connectivity index (χ2n) is 3.30. The highest BCUT2D eigenvalue weighted by molar-refractivity contribution is 6.30. The van der Waals surface area contributed by atoms with Gasteiger partial charge in [0.25, 0.3) is 5.91 Å². The van der Waals surface area contributed by atoms with E-state index in [0.717, 1.165) is 5.39 Å². The number of H-pyrrole nitrogens is 1. The first kappa shape index (κ1) is 11.4. The maximum absolute atomic E-state index is 11.5. The van der Waals surface area contributed by atoms with Crippen molar-refractivity contribution < 1.29 is 14.4 Å². The van der Waals surface area contributed by atoms with Crippen molar-refractivity contribution in [2.24, 2.45) is 0 Å². The SMILES string of the molecule is CC(=O)ONC(=O)c1cc2cc(Cl)ncc2[nH]1. The molecular formula is C10H8ClN3O3. The summed E-state index contributed by atoms with van der Waals surface area (Å²) >= 11 is 5.72. The van der Waals surface area contributed by atoms with Crippen LogP contribution in [0.5, 0.6) is 0 Å². The maximum atomic E-state index is 11.5. The minimum absolute atomic E-state index is 0.255. The molecule has 17 heavy (non-hydrogen) atoms. The van der Waals surface area contributed by atoms with Gasteiger partial charge in [0.05, 0.1) is 11.7 Å². The lowest BCUT2D eigenvalue weighted by molar-refractivity contribution is -0.146. The van der Waals surface area contributed by atoms with Crippen LogP contribution in [0.4, 0.5) is 0 Å². The lowest BCUT2D eigenvalue weighted by Gasteiger charge is -2.00. The number of halogens is 1. The Labute approximate surface area is 101 Å². The van der Waals surface area contributed by atoms with Gasteiger partial charge in [-0.05, 0) is 12.1 Å². The van der Waals surface area contributed by atoms with Gasteiger partial charge in [-0.15, -0.1) is 0 Å². The average molecular weight is 254 g/mol. The number of pyridine rings is 1. The number of amides is 1. The van der Waals surface area contributed by atoms with Crippen LogP contribution in [0.1, 0.15) is 17.4 Å². The fourth-order valence-electron chi connectivity index (χ4n) is 1.30. The van der Waals surface area contributed by atoms with Crippen molar-refractivity contribution in [3.8, 4) is 0 Å². The van der Waals surface area contributed by atoms with E-state index in [0.29, 0.717) is 10.7 Å². The summed E-state index contributed by atoms with van der Waals surface area (Å²) in [5, 5.41) is 1.08. The van der Waals surface area contributed by atoms with E-state index in [9.17, 15) is 9.59 Å². The number of hydroxylamine groups is 1. The van der Waals surface area contributed by atoms with Gasteiger partial charge in [0, 0.05) is 12.3 Å². The van der Waals surface area contributed by atoms with Gasteiger partial charge in [-0.3, -0.25) is 9.59 Å². The zero-order valence-corrected chi connectivity index (χ0v) is 9.54. The molecule has 0 saturated heterocycles. The number of aromatic amines is 1. The summed E-state index contributed by atoms with van der Waals surface area (Å²) < 4.78 is 0. The number of carbonyl (C=O) groups is 2. The van der Waals surface area contributed by atoms with E-state index in [4.69, 9.17) is 11.6 Å². The number of carbonyl (C=O) groups excluding carboxylic acids is 2. The van der Waals surface area contributed by atoms with Gasteiger partial charge in [0.15, 0.2) is 0 Å². The fraction of sp³-hybridized carbons (Fsp3) is 0.100. The first-order chi connectivity index (χ1) is 8.06. The minimum Gasteiger partial charge on any atom is -0.349 e. The number of nitrogens with zero attached hydrogens (tertiary/aromatic N) is 1. The summed E-state index contributed by atoms with van der Waals surface area (Å²) in [6, 6.07) is 3.21. The molecule has 0 bridgehead atoms. The van der Waals surface area contributed by atoms with Crippen LogP contribution in [0.3, 0.4) is 0 Å². The van der Waals surface area contributed by atoms with Crippen molar-refractivity contribution in [1.29, 1.82) is 0 Å². The maximum Gasteiger partial charge on any atom is 0.329 e. The summed E-state index contributed by atoms with van der Waals surface area (Å²) in [5.74, 6) is -1.15. The first-order valence-corrected chi connectivity index (χ1v) is 5.06. The average Bonchev–Trinajstić information content (AvgIpc) is 2.68. The molecule has 6 nitrogen and oxygen atoms in total. The second-order valence-corrected chi connectivity index (χ2v) is 3.69. The Kier molecular flexibility index (Phi) is 2.97. The monoisotopic (exact) mass is 253 g/mol. The van der Waals surface area contributed by atoms with Crippen molar-refractivity contribution in [2.75, 3.05) is 0 Å². The van der Waals surface area contributed by atoms with Crippen LogP contribution in [-0.2, 0) is 9.63 Å². The van der Waals surface area contributed by atoms with Crippen molar-refractivity contribution in [3.05, 3.63) is 29.2 Å². The Morgan fingerprint density at radius 3 is 2.94 bits per heavy atom. The fourth-order valence-corrected chi connectivity index (χ4v) is 1.47. The quantitative estimate of drug-likeness (QED) is 0.595. The Morgan fingerprint density at radius 1 is 1.47 bits per heavy atom. The summed E-state index contributed by atoms with van der Waals surface area (Å²) in [7, 11) is 0. The molecule has 0 radical (unpaired) electrons. The number of aromatic nitrogens is 2. The molecule has 0 aliphatic rings. The van der Waals surface area contributed by atoms with Gasteiger partial charge in [0.1, 0.15) is 10.8 Å². The van der Waals surface area contributed by atoms with Crippen LogP contribution in [0.15, 0.2) is 18.3 Å². The van der Waals surface area contributed by atoms with Gasteiger partial charge in [-0.2, -0.15) is 5.48 Å². The van der Waals surface area contributed by atoms with Crippen LogP contribution < -0.4 is 5.48 Å². The molecule has 2 N–H and O–H groups in total. The summed E-state index contributed by atoms with van der Waals surface area (Å²) in [6.07, 6.45) is 1.51. The van der Waals surface area contributed by atoms with E-state index in [-0.39, 0.29) is 5.69 Å². The molecule has 0 saturated carbocycles. The van der Waals surface area contributed by atoms with E-state index in [1.54, 1.807) is 12.1 Å². The Hall–Kier alpha value is -2.08. The molecule has 2 heterocycles. The van der Waals surface area contributed by atoms with Gasteiger partial charge < -0.3 is 9.82 Å². The molecule has 0 aliphatic heterocycles. The largest absolute Gasteiger partial charge is 0.349 e. The predicted molar refractivity (Wildman–Crippen MR) is 60.3 cm³/mol. The van der Waals surface area contributed by atoms with Gasteiger partial charge >= 0.3 is 5.97 Å². The Balaban J connectivity index is 2.24. The number of hydrogen-bond acceptors (Lipinski definition) is 4. The zero-order chi connectivity index (χ0) is 12.4. The third-order valence-corrected chi connectivity index (χ3v) is 2.21. The third kappa shape index (κ3) is 2.54. The topological polar surface area (TPSA) is 84.1 Å². The normalized spacial score (nSPS) is 10.2. The number of nitrogens with one attached hydrogen (secondary N) is 2. The lowest BCUT2D eigenvalue weighted by atomic mass is 10.3. The molecule has 1 amide bonds. The molecule has 7 heteroatoms. The molecular weight excluding hydrogens is 246 g/mol. The second kappa shape index (κ2) is 4.42. The molecule has 0 fully saturated rings. The third-order valence-electron chi connectivity index (χ3n) is 2.00. The zero-order valence-electron chi connectivity index (χ0n) is 8.78. The molecule has 2 rings (SSSR count). The molecule has 0 aliphatic carbocycles. The molecule has 0 unspecified atom stereocenters. The molecule has 88 valence electrons. The van der Waals surface area contributed by atoms with Crippen molar-refractivity contribution in [1.82, 2.24) is 15.4 Å². The molecule has 0 aromatic carbocycles. The van der Waals surface area contributed by atoms with Crippen LogP contribution in [0.2, 0.25) is 5.15 Å². The number of hydrogen-bond donors (Lipinski definition) is 2. The molecule has 0 spiro atoms. The standard InChI is InChI=1S/C10H8ClN3O3/c1-5(15)17-14-10(16)7-2-6-3-9(11)12-4-8(6)13-7/h2-4,13H,1H3,(H,14,16). The first-order valence-electron chi connectivity index (χ1n) is 4.68. The van der Waals surface area contributed by atoms with Gasteiger partial charge in [-0.1, -0.05) is 11.6 Å². The Bertz CT molecular complexity index is 593. The Morgan fingerprint density at radius 2 is 2.24 bits per heavy atom. The van der Waals surface area contributed by atoms with Crippen LogP contribution in [-0.4, -0.2) is 21.8 Å². The van der Waals surface area contributed by atoms with E-state index >= 15 is 0 Å². The summed E-state index contributed by atoms with van der Waals surface area (Å²) in [6.45, 7) is 1.19. The van der Waals surface area contributed by atoms with E-state index in [1.165, 1.54) is 13.1 Å².